The number of hydrogen-bond donors (Lipinski definition) is 2. The number of rotatable bonds is 7. The van der Waals surface area contributed by atoms with Crippen LogP contribution in [0.4, 0.5) is 13.2 Å². The molecule has 2 N–H and O–H groups in total. The highest BCUT2D eigenvalue weighted by Crippen LogP contribution is 2.33. The van der Waals surface area contributed by atoms with Crippen molar-refractivity contribution in [3.05, 3.63) is 84.4 Å². The Labute approximate surface area is 202 Å². The van der Waals surface area contributed by atoms with E-state index in [9.17, 15) is 23.1 Å². The van der Waals surface area contributed by atoms with Crippen molar-refractivity contribution in [1.82, 2.24) is 15.0 Å². The predicted molar refractivity (Wildman–Crippen MR) is 126 cm³/mol. The molecule has 0 aliphatic carbocycles. The van der Waals surface area contributed by atoms with E-state index in [-0.39, 0.29) is 18.1 Å². The molecule has 182 valence electrons. The van der Waals surface area contributed by atoms with Gasteiger partial charge < -0.3 is 19.6 Å². The van der Waals surface area contributed by atoms with Gasteiger partial charge in [-0.25, -0.2) is 4.79 Å². The van der Waals surface area contributed by atoms with Gasteiger partial charge in [-0.3, -0.25) is 9.97 Å². The van der Waals surface area contributed by atoms with Crippen LogP contribution in [0.3, 0.4) is 0 Å². The van der Waals surface area contributed by atoms with Crippen molar-refractivity contribution in [3.63, 3.8) is 0 Å². The number of carboxylic acid groups (broad SMARTS) is 1. The van der Waals surface area contributed by atoms with E-state index >= 15 is 0 Å². The number of benzene rings is 2. The van der Waals surface area contributed by atoms with E-state index in [1.54, 1.807) is 24.7 Å². The molecule has 0 radical (unpaired) electrons. The van der Waals surface area contributed by atoms with Crippen molar-refractivity contribution in [2.24, 2.45) is 0 Å². The smallest absolute Gasteiger partial charge is 0.493 e. The zero-order valence-electron chi connectivity index (χ0n) is 18.5. The molecule has 0 aliphatic heterocycles. The summed E-state index contributed by atoms with van der Waals surface area (Å²) in [5, 5.41) is 12.1. The van der Waals surface area contributed by atoms with Crippen LogP contribution in [0, 0.1) is 0 Å². The summed E-state index contributed by atoms with van der Waals surface area (Å²) in [6.45, 7) is 0.187. The molecule has 5 aromatic rings. The quantitative estimate of drug-likeness (QED) is 0.289. The first-order valence-corrected chi connectivity index (χ1v) is 10.8. The van der Waals surface area contributed by atoms with Gasteiger partial charge >= 0.3 is 12.3 Å². The van der Waals surface area contributed by atoms with Crippen molar-refractivity contribution in [1.29, 1.82) is 0 Å². The number of carboxylic acids is 1. The minimum absolute atomic E-state index is 0.0230. The van der Waals surface area contributed by atoms with Crippen molar-refractivity contribution in [3.8, 4) is 22.8 Å². The Hall–Kier alpha value is -4.60. The highest BCUT2D eigenvalue weighted by molar-refractivity contribution is 6.05. The molecule has 36 heavy (non-hydrogen) atoms. The number of nitrogens with one attached hydrogen (secondary N) is 1. The van der Waals surface area contributed by atoms with E-state index < -0.39 is 12.3 Å². The Morgan fingerprint density at radius 3 is 2.47 bits per heavy atom. The molecule has 5 rings (SSSR count). The van der Waals surface area contributed by atoms with Crippen LogP contribution in [0.25, 0.3) is 32.9 Å². The Bertz CT molecular complexity index is 1560. The number of alkyl halides is 3. The molecule has 10 heteroatoms. The molecule has 0 amide bonds. The van der Waals surface area contributed by atoms with Crippen LogP contribution in [0.2, 0.25) is 0 Å². The lowest BCUT2D eigenvalue weighted by atomic mass is 10.0. The number of ether oxygens (including phenoxy) is 2. The van der Waals surface area contributed by atoms with Gasteiger partial charge in [0.2, 0.25) is 0 Å². The largest absolute Gasteiger partial charge is 0.573 e. The Morgan fingerprint density at radius 2 is 1.72 bits per heavy atom. The standard InChI is InChI=1S/C26H18F3N3O4/c27-26(28,29)36-18-7-5-17(6-8-18)35-10-9-16-13-31-24(20-11-22(25(33)34)32-23(16)20)21-14-30-12-15-3-1-2-4-19(15)21/h1-8,11-14,32H,9-10H2,(H,33,34). The van der Waals surface area contributed by atoms with Gasteiger partial charge in [-0.2, -0.15) is 0 Å². The third kappa shape index (κ3) is 4.78. The summed E-state index contributed by atoms with van der Waals surface area (Å²) in [6, 6.07) is 14.4. The van der Waals surface area contributed by atoms with Crippen LogP contribution in [0.5, 0.6) is 11.5 Å². The monoisotopic (exact) mass is 493 g/mol. The van der Waals surface area contributed by atoms with E-state index in [1.165, 1.54) is 24.3 Å². The SMILES string of the molecule is O=C(O)c1cc2c(-c3cncc4ccccc34)ncc(CCOc3ccc(OC(F)(F)F)cc3)c2[nH]1. The third-order valence-corrected chi connectivity index (χ3v) is 5.59. The van der Waals surface area contributed by atoms with Gasteiger partial charge in [-0.15, -0.1) is 13.2 Å². The molecule has 2 aromatic carbocycles. The molecule has 0 saturated heterocycles. The molecule has 0 saturated carbocycles. The first-order chi connectivity index (χ1) is 17.3. The van der Waals surface area contributed by atoms with E-state index in [1.807, 2.05) is 24.3 Å². The molecule has 0 spiro atoms. The first-order valence-electron chi connectivity index (χ1n) is 10.8. The third-order valence-electron chi connectivity index (χ3n) is 5.59. The van der Waals surface area contributed by atoms with Crippen molar-refractivity contribution >= 4 is 27.6 Å². The number of nitrogens with zero attached hydrogens (tertiary/aromatic N) is 2. The Balaban J connectivity index is 1.42. The fraction of sp³-hybridized carbons (Fsp3) is 0.115. The summed E-state index contributed by atoms with van der Waals surface area (Å²) in [5.41, 5.74) is 2.74. The lowest BCUT2D eigenvalue weighted by Gasteiger charge is -2.11. The van der Waals surface area contributed by atoms with Gasteiger partial charge in [-0.05, 0) is 41.3 Å². The number of pyridine rings is 2. The summed E-state index contributed by atoms with van der Waals surface area (Å²) in [6.07, 6.45) is 0.721. The summed E-state index contributed by atoms with van der Waals surface area (Å²) in [5.74, 6) is -1.08. The average molecular weight is 493 g/mol. The van der Waals surface area contributed by atoms with Gasteiger partial charge in [0.15, 0.2) is 0 Å². The molecule has 3 heterocycles. The van der Waals surface area contributed by atoms with Crippen molar-refractivity contribution in [2.45, 2.75) is 12.8 Å². The number of aromatic amines is 1. The average Bonchev–Trinajstić information content (AvgIpc) is 3.30. The van der Waals surface area contributed by atoms with Gasteiger partial charge in [0.05, 0.1) is 17.8 Å². The lowest BCUT2D eigenvalue weighted by Crippen LogP contribution is -2.17. The highest BCUT2D eigenvalue weighted by Gasteiger charge is 2.31. The maximum atomic E-state index is 12.3. The molecule has 3 aromatic heterocycles. The number of H-pyrrole nitrogens is 1. The van der Waals surface area contributed by atoms with E-state index in [2.05, 4.69) is 19.7 Å². The van der Waals surface area contributed by atoms with Crippen molar-refractivity contribution < 1.29 is 32.5 Å². The van der Waals surface area contributed by atoms with Gasteiger partial charge in [0, 0.05) is 41.3 Å². The topological polar surface area (TPSA) is 97.3 Å². The van der Waals surface area contributed by atoms with E-state index in [4.69, 9.17) is 4.74 Å². The zero-order chi connectivity index (χ0) is 25.3. The second-order valence-corrected chi connectivity index (χ2v) is 7.93. The molecular weight excluding hydrogens is 475 g/mol. The highest BCUT2D eigenvalue weighted by atomic mass is 19.4. The lowest BCUT2D eigenvalue weighted by molar-refractivity contribution is -0.274. The number of aromatic nitrogens is 3. The maximum Gasteiger partial charge on any atom is 0.573 e. The van der Waals surface area contributed by atoms with Crippen LogP contribution >= 0.6 is 0 Å². The summed E-state index contributed by atoms with van der Waals surface area (Å²) in [4.78, 5) is 23.6. The molecule has 0 bridgehead atoms. The number of hydrogen-bond acceptors (Lipinski definition) is 5. The Kier molecular flexibility index (Phi) is 5.93. The molecule has 0 atom stereocenters. The summed E-state index contributed by atoms with van der Waals surface area (Å²) in [7, 11) is 0. The van der Waals surface area contributed by atoms with E-state index in [0.717, 1.165) is 21.9 Å². The van der Waals surface area contributed by atoms with Crippen LogP contribution in [0.1, 0.15) is 16.1 Å². The second-order valence-electron chi connectivity index (χ2n) is 7.93. The number of fused-ring (bicyclic) bond motifs is 2. The fourth-order valence-corrected chi connectivity index (χ4v) is 4.01. The minimum atomic E-state index is -4.76. The second kappa shape index (κ2) is 9.21. The van der Waals surface area contributed by atoms with Crippen LogP contribution < -0.4 is 9.47 Å². The fourth-order valence-electron chi connectivity index (χ4n) is 4.01. The maximum absolute atomic E-state index is 12.3. The van der Waals surface area contributed by atoms with Crippen LogP contribution in [-0.4, -0.2) is 39.0 Å². The minimum Gasteiger partial charge on any atom is -0.493 e. The molecule has 0 aliphatic rings. The van der Waals surface area contributed by atoms with Gasteiger partial charge in [0.25, 0.3) is 0 Å². The van der Waals surface area contributed by atoms with Gasteiger partial charge in [0.1, 0.15) is 17.2 Å². The Morgan fingerprint density at radius 1 is 0.972 bits per heavy atom. The zero-order valence-corrected chi connectivity index (χ0v) is 18.5. The van der Waals surface area contributed by atoms with Crippen molar-refractivity contribution in [2.75, 3.05) is 6.61 Å². The van der Waals surface area contributed by atoms with Gasteiger partial charge in [-0.1, -0.05) is 24.3 Å². The van der Waals surface area contributed by atoms with Crippen LogP contribution in [0.15, 0.2) is 73.2 Å². The molecule has 0 fully saturated rings. The predicted octanol–water partition coefficient (Wildman–Crippen LogP) is 6.00. The summed E-state index contributed by atoms with van der Waals surface area (Å²) < 4.78 is 46.5. The van der Waals surface area contributed by atoms with E-state index in [0.29, 0.717) is 28.8 Å². The molecular formula is C26H18F3N3O4. The molecule has 0 unspecified atom stereocenters. The number of carbonyl (C=O) groups is 1. The first kappa shape index (κ1) is 23.2. The number of halogens is 3. The van der Waals surface area contributed by atoms with Crippen LogP contribution in [-0.2, 0) is 6.42 Å². The molecule has 7 nitrogen and oxygen atoms in total. The normalized spacial score (nSPS) is 11.6. The summed E-state index contributed by atoms with van der Waals surface area (Å²) >= 11 is 0. The number of aromatic carboxylic acids is 1.